The van der Waals surface area contributed by atoms with Gasteiger partial charge in [-0.3, -0.25) is 4.68 Å². The topological polar surface area (TPSA) is 29.9 Å². The highest BCUT2D eigenvalue weighted by Gasteiger charge is 2.34. The van der Waals surface area contributed by atoms with Crippen molar-refractivity contribution < 1.29 is 4.39 Å². The summed E-state index contributed by atoms with van der Waals surface area (Å²) < 4.78 is 17.7. The van der Waals surface area contributed by atoms with E-state index < -0.39 is 5.67 Å². The van der Waals surface area contributed by atoms with Gasteiger partial charge in [0.15, 0.2) is 0 Å². The van der Waals surface area contributed by atoms with Crippen molar-refractivity contribution in [1.29, 1.82) is 0 Å². The van der Waals surface area contributed by atoms with E-state index in [0.717, 1.165) is 41.9 Å². The maximum absolute atomic E-state index is 14.8. The Kier molecular flexibility index (Phi) is 4.43. The molecule has 18 heavy (non-hydrogen) atoms. The maximum atomic E-state index is 14.8. The molecule has 2 heterocycles. The quantitative estimate of drug-likeness (QED) is 0.925. The van der Waals surface area contributed by atoms with Crippen LogP contribution in [-0.4, -0.2) is 28.5 Å². The van der Waals surface area contributed by atoms with Crippen LogP contribution in [0.15, 0.2) is 4.47 Å². The monoisotopic (exact) mass is 317 g/mol. The summed E-state index contributed by atoms with van der Waals surface area (Å²) >= 11 is 3.59. The third kappa shape index (κ3) is 2.77. The molecule has 5 heteroatoms. The number of alkyl halides is 1. The van der Waals surface area contributed by atoms with E-state index in [1.165, 1.54) is 0 Å². The van der Waals surface area contributed by atoms with E-state index in [2.05, 4.69) is 40.2 Å². The minimum atomic E-state index is -1.08. The van der Waals surface area contributed by atoms with Crippen molar-refractivity contribution in [2.75, 3.05) is 13.1 Å². The van der Waals surface area contributed by atoms with Gasteiger partial charge in [0.25, 0.3) is 0 Å². The number of aromatic nitrogens is 2. The van der Waals surface area contributed by atoms with Crippen LogP contribution in [0.5, 0.6) is 0 Å². The fourth-order valence-electron chi connectivity index (χ4n) is 2.54. The first kappa shape index (κ1) is 14.0. The van der Waals surface area contributed by atoms with Gasteiger partial charge in [-0.05, 0) is 55.2 Å². The Labute approximate surface area is 116 Å². The number of rotatable bonds is 4. The summed E-state index contributed by atoms with van der Waals surface area (Å²) in [5.41, 5.74) is 0.967. The van der Waals surface area contributed by atoms with Crippen molar-refractivity contribution in [3.8, 4) is 0 Å². The molecule has 1 aliphatic heterocycles. The maximum Gasteiger partial charge on any atom is 0.119 e. The van der Waals surface area contributed by atoms with Crippen molar-refractivity contribution >= 4 is 15.9 Å². The summed E-state index contributed by atoms with van der Waals surface area (Å²) in [6, 6.07) is 0. The summed E-state index contributed by atoms with van der Waals surface area (Å²) in [5.74, 6) is 0. The number of piperidine rings is 1. The Morgan fingerprint density at radius 2 is 2.06 bits per heavy atom. The summed E-state index contributed by atoms with van der Waals surface area (Å²) in [7, 11) is 0. The molecule has 0 bridgehead atoms. The summed E-state index contributed by atoms with van der Waals surface area (Å²) in [5, 5.41) is 7.74. The lowest BCUT2D eigenvalue weighted by Gasteiger charge is -2.30. The van der Waals surface area contributed by atoms with Gasteiger partial charge in [0.05, 0.1) is 15.9 Å². The fourth-order valence-corrected chi connectivity index (χ4v) is 3.24. The number of halogens is 2. The zero-order chi connectivity index (χ0) is 13.2. The molecule has 0 spiro atoms. The van der Waals surface area contributed by atoms with Gasteiger partial charge in [0, 0.05) is 13.0 Å². The molecule has 1 fully saturated rings. The molecule has 1 aliphatic rings. The van der Waals surface area contributed by atoms with Crippen LogP contribution < -0.4 is 5.32 Å². The van der Waals surface area contributed by atoms with Crippen molar-refractivity contribution in [2.24, 2.45) is 0 Å². The molecule has 2 rings (SSSR count). The minimum Gasteiger partial charge on any atom is -0.316 e. The lowest BCUT2D eigenvalue weighted by atomic mass is 9.89. The Morgan fingerprint density at radius 3 is 2.61 bits per heavy atom. The largest absolute Gasteiger partial charge is 0.316 e. The van der Waals surface area contributed by atoms with E-state index in [9.17, 15) is 4.39 Å². The van der Waals surface area contributed by atoms with Gasteiger partial charge in [-0.25, -0.2) is 4.39 Å². The lowest BCUT2D eigenvalue weighted by Crippen LogP contribution is -2.40. The highest BCUT2D eigenvalue weighted by molar-refractivity contribution is 9.10. The Balaban J connectivity index is 2.24. The average molecular weight is 318 g/mol. The first-order valence-electron chi connectivity index (χ1n) is 6.73. The molecular weight excluding hydrogens is 297 g/mol. The van der Waals surface area contributed by atoms with Crippen LogP contribution in [0.25, 0.3) is 0 Å². The van der Waals surface area contributed by atoms with Crippen LogP contribution in [0.2, 0.25) is 0 Å². The fraction of sp³-hybridized carbons (Fsp3) is 0.769. The minimum absolute atomic E-state index is 0.468. The second-order valence-electron chi connectivity index (χ2n) is 4.95. The molecule has 1 saturated heterocycles. The Morgan fingerprint density at radius 1 is 1.39 bits per heavy atom. The van der Waals surface area contributed by atoms with Crippen LogP contribution in [0.3, 0.4) is 0 Å². The molecule has 0 saturated carbocycles. The molecule has 1 aromatic rings. The highest BCUT2D eigenvalue weighted by Crippen LogP contribution is 2.32. The molecule has 1 aromatic heterocycles. The number of nitrogens with zero attached hydrogens (tertiary/aromatic N) is 2. The van der Waals surface area contributed by atoms with Gasteiger partial charge in [0.2, 0.25) is 0 Å². The zero-order valence-electron chi connectivity index (χ0n) is 11.1. The molecule has 1 N–H and O–H groups in total. The molecule has 0 aliphatic carbocycles. The average Bonchev–Trinajstić information content (AvgIpc) is 2.67. The highest BCUT2D eigenvalue weighted by atomic mass is 79.9. The molecule has 0 radical (unpaired) electrons. The Bertz CT molecular complexity index is 411. The third-order valence-corrected chi connectivity index (χ3v) is 4.59. The van der Waals surface area contributed by atoms with Gasteiger partial charge in [-0.1, -0.05) is 6.92 Å². The number of aryl methyl sites for hydroxylation is 2. The van der Waals surface area contributed by atoms with Crippen LogP contribution in [-0.2, 0) is 19.4 Å². The standard InChI is InChI=1S/C13H21BrFN3/c1-3-10-12(14)11(18(4-2)17-10)9-13(15)5-7-16-8-6-13/h16H,3-9H2,1-2H3. The van der Waals surface area contributed by atoms with Crippen molar-refractivity contribution in [2.45, 2.75) is 51.7 Å². The number of nitrogens with one attached hydrogen (secondary N) is 1. The second kappa shape index (κ2) is 5.70. The SMILES string of the molecule is CCc1nn(CC)c(CC2(F)CCNCC2)c1Br. The van der Waals surface area contributed by atoms with E-state index in [1.807, 2.05) is 4.68 Å². The predicted molar refractivity (Wildman–Crippen MR) is 74.6 cm³/mol. The predicted octanol–water partition coefficient (Wildman–Crippen LogP) is 2.86. The lowest BCUT2D eigenvalue weighted by molar-refractivity contribution is 0.113. The van der Waals surface area contributed by atoms with Gasteiger partial charge < -0.3 is 5.32 Å². The van der Waals surface area contributed by atoms with E-state index in [-0.39, 0.29) is 0 Å². The molecule has 0 amide bonds. The van der Waals surface area contributed by atoms with E-state index in [0.29, 0.717) is 19.3 Å². The van der Waals surface area contributed by atoms with Crippen molar-refractivity contribution in [3.63, 3.8) is 0 Å². The second-order valence-corrected chi connectivity index (χ2v) is 5.75. The van der Waals surface area contributed by atoms with Gasteiger partial charge >= 0.3 is 0 Å². The van der Waals surface area contributed by atoms with Crippen LogP contribution >= 0.6 is 15.9 Å². The third-order valence-electron chi connectivity index (χ3n) is 3.68. The number of hydrogen-bond donors (Lipinski definition) is 1. The molecule has 0 atom stereocenters. The molecule has 102 valence electrons. The summed E-state index contributed by atoms with van der Waals surface area (Å²) in [6.45, 7) is 6.47. The van der Waals surface area contributed by atoms with Gasteiger partial charge in [-0.15, -0.1) is 0 Å². The molecule has 0 unspecified atom stereocenters. The van der Waals surface area contributed by atoms with Crippen LogP contribution in [0.4, 0.5) is 4.39 Å². The first-order valence-corrected chi connectivity index (χ1v) is 7.52. The smallest absolute Gasteiger partial charge is 0.119 e. The zero-order valence-corrected chi connectivity index (χ0v) is 12.7. The number of hydrogen-bond acceptors (Lipinski definition) is 2. The van der Waals surface area contributed by atoms with E-state index >= 15 is 0 Å². The molecular formula is C13H21BrFN3. The molecule has 0 aromatic carbocycles. The summed E-state index contributed by atoms with van der Waals surface area (Å²) in [4.78, 5) is 0. The van der Waals surface area contributed by atoms with Crippen molar-refractivity contribution in [3.05, 3.63) is 15.9 Å². The summed E-state index contributed by atoms with van der Waals surface area (Å²) in [6.07, 6.45) is 2.53. The van der Waals surface area contributed by atoms with E-state index in [4.69, 9.17) is 0 Å². The Hall–Kier alpha value is -0.420. The first-order chi connectivity index (χ1) is 8.59. The van der Waals surface area contributed by atoms with Gasteiger partial charge in [-0.2, -0.15) is 5.10 Å². The van der Waals surface area contributed by atoms with Crippen LogP contribution in [0, 0.1) is 0 Å². The van der Waals surface area contributed by atoms with Gasteiger partial charge in [0.1, 0.15) is 5.67 Å². The normalized spacial score (nSPS) is 19.1. The van der Waals surface area contributed by atoms with Crippen LogP contribution in [0.1, 0.15) is 38.1 Å². The van der Waals surface area contributed by atoms with E-state index in [1.54, 1.807) is 0 Å². The van der Waals surface area contributed by atoms with Crippen molar-refractivity contribution in [1.82, 2.24) is 15.1 Å². The molecule has 3 nitrogen and oxygen atoms in total.